The molecule has 0 aromatic heterocycles. The van der Waals surface area contributed by atoms with E-state index < -0.39 is 6.10 Å². The summed E-state index contributed by atoms with van der Waals surface area (Å²) in [6.07, 6.45) is -0.764. The van der Waals surface area contributed by atoms with Crippen molar-refractivity contribution in [3.8, 4) is 0 Å². The first-order valence-corrected chi connectivity index (χ1v) is 4.55. The summed E-state index contributed by atoms with van der Waals surface area (Å²) < 4.78 is 13.8. The molecule has 0 bridgehead atoms. The predicted molar refractivity (Wildman–Crippen MR) is 54.5 cm³/mol. The largest absolute Gasteiger partial charge is 0.389 e. The van der Waals surface area contributed by atoms with Gasteiger partial charge in [0.05, 0.1) is 6.10 Å². The van der Waals surface area contributed by atoms with Crippen molar-refractivity contribution in [2.24, 2.45) is 0 Å². The number of benzene rings is 2. The molecule has 0 radical (unpaired) electrons. The molecular formula is C12H11FO. The average Bonchev–Trinajstić information content (AvgIpc) is 2.18. The Morgan fingerprint density at radius 2 is 1.86 bits per heavy atom. The first kappa shape index (κ1) is 9.16. The zero-order valence-corrected chi connectivity index (χ0v) is 7.87. The molecule has 0 aliphatic rings. The van der Waals surface area contributed by atoms with E-state index in [0.29, 0.717) is 10.9 Å². The third-order valence-electron chi connectivity index (χ3n) is 2.34. The number of hydrogen-bond donors (Lipinski definition) is 1. The van der Waals surface area contributed by atoms with Crippen molar-refractivity contribution in [2.45, 2.75) is 13.0 Å². The highest BCUT2D eigenvalue weighted by Gasteiger charge is 2.10. The van der Waals surface area contributed by atoms with Gasteiger partial charge in [-0.15, -0.1) is 0 Å². The summed E-state index contributed by atoms with van der Waals surface area (Å²) >= 11 is 0. The Labute approximate surface area is 81.8 Å². The second-order valence-electron chi connectivity index (χ2n) is 3.37. The van der Waals surface area contributed by atoms with Crippen LogP contribution in [0.5, 0.6) is 0 Å². The lowest BCUT2D eigenvalue weighted by molar-refractivity contribution is 0.194. The van der Waals surface area contributed by atoms with Crippen LogP contribution in [0, 0.1) is 5.82 Å². The number of rotatable bonds is 1. The number of aliphatic hydroxyl groups is 1. The maximum absolute atomic E-state index is 13.8. The summed E-state index contributed by atoms with van der Waals surface area (Å²) in [6, 6.07) is 10.7. The normalized spacial score (nSPS) is 13.1. The predicted octanol–water partition coefficient (Wildman–Crippen LogP) is 3.03. The lowest BCUT2D eigenvalue weighted by Gasteiger charge is -2.08. The van der Waals surface area contributed by atoms with E-state index in [1.54, 1.807) is 25.1 Å². The lowest BCUT2D eigenvalue weighted by Crippen LogP contribution is -1.96. The summed E-state index contributed by atoms with van der Waals surface area (Å²) in [7, 11) is 0. The van der Waals surface area contributed by atoms with E-state index in [2.05, 4.69) is 0 Å². The highest BCUT2D eigenvalue weighted by atomic mass is 19.1. The van der Waals surface area contributed by atoms with E-state index in [4.69, 9.17) is 0 Å². The summed E-state index contributed by atoms with van der Waals surface area (Å²) in [5.41, 5.74) is 0.351. The van der Waals surface area contributed by atoms with Gasteiger partial charge in [-0.05, 0) is 12.3 Å². The van der Waals surface area contributed by atoms with Crippen molar-refractivity contribution in [3.63, 3.8) is 0 Å². The van der Waals surface area contributed by atoms with E-state index in [-0.39, 0.29) is 5.82 Å². The third-order valence-corrected chi connectivity index (χ3v) is 2.34. The first-order valence-electron chi connectivity index (χ1n) is 4.55. The molecule has 2 heteroatoms. The van der Waals surface area contributed by atoms with Crippen molar-refractivity contribution < 1.29 is 9.50 Å². The molecule has 2 aromatic carbocycles. The molecule has 14 heavy (non-hydrogen) atoms. The minimum Gasteiger partial charge on any atom is -0.389 e. The van der Waals surface area contributed by atoms with Crippen LogP contribution in [0.4, 0.5) is 4.39 Å². The monoisotopic (exact) mass is 190 g/mol. The van der Waals surface area contributed by atoms with Crippen LogP contribution < -0.4 is 0 Å². The van der Waals surface area contributed by atoms with E-state index >= 15 is 0 Å². The second kappa shape index (κ2) is 3.39. The smallest absolute Gasteiger partial charge is 0.136 e. The molecule has 1 unspecified atom stereocenters. The van der Waals surface area contributed by atoms with Gasteiger partial charge in [-0.2, -0.15) is 0 Å². The van der Waals surface area contributed by atoms with Crippen molar-refractivity contribution in [3.05, 3.63) is 47.8 Å². The molecule has 72 valence electrons. The van der Waals surface area contributed by atoms with Gasteiger partial charge in [0.15, 0.2) is 0 Å². The third kappa shape index (κ3) is 1.38. The van der Waals surface area contributed by atoms with Gasteiger partial charge in [-0.25, -0.2) is 4.39 Å². The average molecular weight is 190 g/mol. The fraction of sp³-hybridized carbons (Fsp3) is 0.167. The Kier molecular flexibility index (Phi) is 2.22. The maximum Gasteiger partial charge on any atom is 0.136 e. The van der Waals surface area contributed by atoms with Crippen LogP contribution in [0.2, 0.25) is 0 Å². The van der Waals surface area contributed by atoms with Gasteiger partial charge < -0.3 is 5.11 Å². The molecule has 0 saturated carbocycles. The van der Waals surface area contributed by atoms with Crippen molar-refractivity contribution in [1.82, 2.24) is 0 Å². The molecule has 1 N–H and O–H groups in total. The zero-order chi connectivity index (χ0) is 10.1. The topological polar surface area (TPSA) is 20.2 Å². The quantitative estimate of drug-likeness (QED) is 0.732. The molecule has 0 aliphatic heterocycles. The number of aliphatic hydroxyl groups excluding tert-OH is 1. The summed E-state index contributed by atoms with van der Waals surface area (Å²) in [5.74, 6) is -0.321. The van der Waals surface area contributed by atoms with E-state index in [1.165, 1.54) is 0 Å². The van der Waals surface area contributed by atoms with E-state index in [0.717, 1.165) is 5.39 Å². The van der Waals surface area contributed by atoms with Crippen LogP contribution >= 0.6 is 0 Å². The molecule has 2 rings (SSSR count). The minimum absolute atomic E-state index is 0.321. The molecule has 0 fully saturated rings. The molecule has 0 aliphatic carbocycles. The van der Waals surface area contributed by atoms with Gasteiger partial charge in [0.25, 0.3) is 0 Å². The fourth-order valence-corrected chi connectivity index (χ4v) is 1.57. The highest BCUT2D eigenvalue weighted by Crippen LogP contribution is 2.24. The standard InChI is InChI=1S/C12H11FO/c1-8(14)10-7-6-9-4-2-3-5-11(9)12(10)13/h2-8,14H,1H3. The lowest BCUT2D eigenvalue weighted by atomic mass is 10.0. The van der Waals surface area contributed by atoms with Crippen LogP contribution in [0.3, 0.4) is 0 Å². The Morgan fingerprint density at radius 1 is 1.14 bits per heavy atom. The Hall–Kier alpha value is -1.41. The van der Waals surface area contributed by atoms with Crippen LogP contribution in [-0.4, -0.2) is 5.11 Å². The molecular weight excluding hydrogens is 179 g/mol. The van der Waals surface area contributed by atoms with Gasteiger partial charge in [-0.3, -0.25) is 0 Å². The SMILES string of the molecule is CC(O)c1ccc2ccccc2c1F. The van der Waals surface area contributed by atoms with Gasteiger partial charge in [0.2, 0.25) is 0 Å². The minimum atomic E-state index is -0.764. The Morgan fingerprint density at radius 3 is 2.57 bits per heavy atom. The fourth-order valence-electron chi connectivity index (χ4n) is 1.57. The number of hydrogen-bond acceptors (Lipinski definition) is 1. The van der Waals surface area contributed by atoms with Crippen LogP contribution in [0.25, 0.3) is 10.8 Å². The maximum atomic E-state index is 13.8. The van der Waals surface area contributed by atoms with Gasteiger partial charge in [-0.1, -0.05) is 36.4 Å². The van der Waals surface area contributed by atoms with Crippen LogP contribution in [0.15, 0.2) is 36.4 Å². The molecule has 2 aromatic rings. The van der Waals surface area contributed by atoms with Gasteiger partial charge in [0.1, 0.15) is 5.82 Å². The molecule has 0 heterocycles. The number of halogens is 1. The zero-order valence-electron chi connectivity index (χ0n) is 7.87. The second-order valence-corrected chi connectivity index (χ2v) is 3.37. The van der Waals surface area contributed by atoms with Crippen molar-refractivity contribution in [1.29, 1.82) is 0 Å². The Balaban J connectivity index is 2.75. The summed E-state index contributed by atoms with van der Waals surface area (Å²) in [4.78, 5) is 0. The van der Waals surface area contributed by atoms with Crippen LogP contribution in [0.1, 0.15) is 18.6 Å². The van der Waals surface area contributed by atoms with Crippen molar-refractivity contribution in [2.75, 3.05) is 0 Å². The molecule has 0 saturated heterocycles. The number of fused-ring (bicyclic) bond motifs is 1. The molecule has 1 atom stereocenters. The summed E-state index contributed by atoms with van der Waals surface area (Å²) in [6.45, 7) is 1.56. The molecule has 0 spiro atoms. The molecule has 1 nitrogen and oxygen atoms in total. The van der Waals surface area contributed by atoms with E-state index in [1.807, 2.05) is 18.2 Å². The molecule has 0 amide bonds. The van der Waals surface area contributed by atoms with E-state index in [9.17, 15) is 9.50 Å². The summed E-state index contributed by atoms with van der Waals surface area (Å²) in [5, 5.41) is 10.7. The first-order chi connectivity index (χ1) is 6.70. The van der Waals surface area contributed by atoms with Gasteiger partial charge in [0, 0.05) is 10.9 Å². The van der Waals surface area contributed by atoms with Gasteiger partial charge >= 0.3 is 0 Å². The van der Waals surface area contributed by atoms with Crippen LogP contribution in [-0.2, 0) is 0 Å². The Bertz CT molecular complexity index is 463. The highest BCUT2D eigenvalue weighted by molar-refractivity contribution is 5.83. The van der Waals surface area contributed by atoms with Crippen molar-refractivity contribution >= 4 is 10.8 Å².